The summed E-state index contributed by atoms with van der Waals surface area (Å²) < 4.78 is 10.9. The van der Waals surface area contributed by atoms with Crippen LogP contribution < -0.4 is 5.32 Å². The minimum absolute atomic E-state index is 0.0560. The van der Waals surface area contributed by atoms with Crippen molar-refractivity contribution in [1.29, 1.82) is 0 Å². The maximum atomic E-state index is 5.61. The van der Waals surface area contributed by atoms with Crippen LogP contribution in [0.15, 0.2) is 0 Å². The topological polar surface area (TPSA) is 30.5 Å². The van der Waals surface area contributed by atoms with E-state index >= 15 is 0 Å². The van der Waals surface area contributed by atoms with Crippen molar-refractivity contribution in [2.45, 2.75) is 65.0 Å². The van der Waals surface area contributed by atoms with Gasteiger partial charge in [0.2, 0.25) is 0 Å². The zero-order valence-corrected chi connectivity index (χ0v) is 12.3. The average Bonchev–Trinajstić information content (AvgIpc) is 2.28. The molecule has 0 aromatic heterocycles. The number of hydrogen-bond acceptors (Lipinski definition) is 3. The Kier molecular flexibility index (Phi) is 9.79. The molecule has 0 aliphatic carbocycles. The van der Waals surface area contributed by atoms with Crippen molar-refractivity contribution in [1.82, 2.24) is 5.32 Å². The van der Waals surface area contributed by atoms with Crippen molar-refractivity contribution in [3.05, 3.63) is 0 Å². The predicted octanol–water partition coefficient (Wildman–Crippen LogP) is 2.99. The summed E-state index contributed by atoms with van der Waals surface area (Å²) in [7, 11) is 1.75. The van der Waals surface area contributed by atoms with E-state index in [1.54, 1.807) is 7.11 Å². The highest BCUT2D eigenvalue weighted by molar-refractivity contribution is 4.66. The molecule has 0 saturated carbocycles. The Morgan fingerprint density at radius 3 is 2.47 bits per heavy atom. The summed E-state index contributed by atoms with van der Waals surface area (Å²) in [5.74, 6) is 0. The molecule has 0 fully saturated rings. The average molecular weight is 245 g/mol. The van der Waals surface area contributed by atoms with E-state index < -0.39 is 0 Å². The van der Waals surface area contributed by atoms with Gasteiger partial charge in [-0.1, -0.05) is 6.92 Å². The van der Waals surface area contributed by atoms with Gasteiger partial charge in [-0.3, -0.25) is 0 Å². The summed E-state index contributed by atoms with van der Waals surface area (Å²) in [4.78, 5) is 0. The van der Waals surface area contributed by atoms with Crippen LogP contribution in [0.1, 0.15) is 53.4 Å². The lowest BCUT2D eigenvalue weighted by molar-refractivity contribution is -0.0102. The molecule has 104 valence electrons. The third kappa shape index (κ3) is 10.7. The second-order valence-electron chi connectivity index (χ2n) is 5.28. The zero-order chi connectivity index (χ0) is 13.1. The van der Waals surface area contributed by atoms with Crippen LogP contribution in [0.2, 0.25) is 0 Å². The lowest BCUT2D eigenvalue weighted by Gasteiger charge is -2.22. The molecule has 1 N–H and O–H groups in total. The van der Waals surface area contributed by atoms with E-state index in [4.69, 9.17) is 9.47 Å². The van der Waals surface area contributed by atoms with Gasteiger partial charge in [-0.2, -0.15) is 0 Å². The molecule has 0 bridgehead atoms. The summed E-state index contributed by atoms with van der Waals surface area (Å²) in [5, 5.41) is 3.42. The SMILES string of the molecule is CCNC(C)CCCCOCCC(C)(C)OC. The largest absolute Gasteiger partial charge is 0.381 e. The first-order valence-corrected chi connectivity index (χ1v) is 6.88. The standard InChI is InChI=1S/C14H31NO2/c1-6-15-13(2)9-7-8-11-17-12-10-14(3,4)16-5/h13,15H,6-12H2,1-5H3. The minimum atomic E-state index is -0.0560. The number of ether oxygens (including phenoxy) is 2. The molecule has 0 rings (SSSR count). The number of methoxy groups -OCH3 is 1. The summed E-state index contributed by atoms with van der Waals surface area (Å²) in [6.45, 7) is 11.3. The number of nitrogens with one attached hydrogen (secondary N) is 1. The third-order valence-corrected chi connectivity index (χ3v) is 3.13. The maximum absolute atomic E-state index is 5.61. The lowest BCUT2D eigenvalue weighted by atomic mass is 10.1. The van der Waals surface area contributed by atoms with Gasteiger partial charge in [-0.15, -0.1) is 0 Å². The molecular formula is C14H31NO2. The van der Waals surface area contributed by atoms with Gasteiger partial charge >= 0.3 is 0 Å². The van der Waals surface area contributed by atoms with Crippen LogP contribution >= 0.6 is 0 Å². The van der Waals surface area contributed by atoms with Gasteiger partial charge in [-0.05, 0) is 53.0 Å². The van der Waals surface area contributed by atoms with E-state index in [1.165, 1.54) is 12.8 Å². The number of unbranched alkanes of at least 4 members (excludes halogenated alkanes) is 1. The van der Waals surface area contributed by atoms with E-state index in [1.807, 2.05) is 0 Å². The number of hydrogen-bond donors (Lipinski definition) is 1. The molecule has 1 unspecified atom stereocenters. The first-order chi connectivity index (χ1) is 8.02. The van der Waals surface area contributed by atoms with Crippen LogP contribution in [0, 0.1) is 0 Å². The van der Waals surface area contributed by atoms with Crippen LogP contribution in [0.3, 0.4) is 0 Å². The zero-order valence-electron chi connectivity index (χ0n) is 12.3. The third-order valence-electron chi connectivity index (χ3n) is 3.13. The van der Waals surface area contributed by atoms with Crippen molar-refractivity contribution in [2.24, 2.45) is 0 Å². The van der Waals surface area contributed by atoms with E-state index in [0.29, 0.717) is 6.04 Å². The summed E-state index contributed by atoms with van der Waals surface area (Å²) >= 11 is 0. The van der Waals surface area contributed by atoms with E-state index in [9.17, 15) is 0 Å². The normalized spacial score (nSPS) is 13.9. The van der Waals surface area contributed by atoms with Crippen molar-refractivity contribution in [2.75, 3.05) is 26.9 Å². The van der Waals surface area contributed by atoms with E-state index in [2.05, 4.69) is 33.0 Å². The Bertz CT molecular complexity index is 172. The summed E-state index contributed by atoms with van der Waals surface area (Å²) in [6.07, 6.45) is 4.59. The van der Waals surface area contributed by atoms with Gasteiger partial charge in [0.15, 0.2) is 0 Å². The smallest absolute Gasteiger partial charge is 0.0644 e. The van der Waals surface area contributed by atoms with Gasteiger partial charge in [0, 0.05) is 26.4 Å². The first kappa shape index (κ1) is 16.9. The molecule has 17 heavy (non-hydrogen) atoms. The maximum Gasteiger partial charge on any atom is 0.0644 e. The molecule has 3 heteroatoms. The van der Waals surface area contributed by atoms with Gasteiger partial charge in [0.1, 0.15) is 0 Å². The van der Waals surface area contributed by atoms with Crippen molar-refractivity contribution in [3.8, 4) is 0 Å². The molecule has 0 aliphatic heterocycles. The highest BCUT2D eigenvalue weighted by atomic mass is 16.5. The van der Waals surface area contributed by atoms with Gasteiger partial charge in [-0.25, -0.2) is 0 Å². The molecule has 0 aromatic rings. The van der Waals surface area contributed by atoms with Crippen molar-refractivity contribution >= 4 is 0 Å². The Morgan fingerprint density at radius 1 is 1.18 bits per heavy atom. The first-order valence-electron chi connectivity index (χ1n) is 6.88. The van der Waals surface area contributed by atoms with Gasteiger partial charge in [0.25, 0.3) is 0 Å². The fraction of sp³-hybridized carbons (Fsp3) is 1.00. The van der Waals surface area contributed by atoms with Crippen LogP contribution in [0.25, 0.3) is 0 Å². The van der Waals surface area contributed by atoms with Crippen LogP contribution in [-0.4, -0.2) is 38.5 Å². The molecular weight excluding hydrogens is 214 g/mol. The molecule has 0 heterocycles. The monoisotopic (exact) mass is 245 g/mol. The highest BCUT2D eigenvalue weighted by Gasteiger charge is 2.15. The molecule has 1 atom stereocenters. The second kappa shape index (κ2) is 9.86. The molecule has 0 radical (unpaired) electrons. The molecule has 0 aliphatic rings. The quantitative estimate of drug-likeness (QED) is 0.568. The predicted molar refractivity (Wildman–Crippen MR) is 73.5 cm³/mol. The van der Waals surface area contributed by atoms with E-state index in [-0.39, 0.29) is 5.60 Å². The van der Waals surface area contributed by atoms with Crippen LogP contribution in [-0.2, 0) is 9.47 Å². The Labute approximate surface area is 107 Å². The fourth-order valence-electron chi connectivity index (χ4n) is 1.63. The molecule has 0 spiro atoms. The molecule has 0 saturated heterocycles. The van der Waals surface area contributed by atoms with Crippen LogP contribution in [0.5, 0.6) is 0 Å². The minimum Gasteiger partial charge on any atom is -0.381 e. The van der Waals surface area contributed by atoms with Gasteiger partial charge in [0.05, 0.1) is 5.60 Å². The van der Waals surface area contributed by atoms with Crippen LogP contribution in [0.4, 0.5) is 0 Å². The van der Waals surface area contributed by atoms with Crippen molar-refractivity contribution in [3.63, 3.8) is 0 Å². The van der Waals surface area contributed by atoms with Crippen molar-refractivity contribution < 1.29 is 9.47 Å². The summed E-state index contributed by atoms with van der Waals surface area (Å²) in [5.41, 5.74) is -0.0560. The molecule has 0 amide bonds. The Hall–Kier alpha value is -0.120. The van der Waals surface area contributed by atoms with E-state index in [0.717, 1.165) is 32.6 Å². The fourth-order valence-corrected chi connectivity index (χ4v) is 1.63. The molecule has 0 aromatic carbocycles. The summed E-state index contributed by atoms with van der Waals surface area (Å²) in [6, 6.07) is 0.632. The number of rotatable bonds is 11. The van der Waals surface area contributed by atoms with Gasteiger partial charge < -0.3 is 14.8 Å². The Morgan fingerprint density at radius 2 is 1.88 bits per heavy atom. The molecule has 3 nitrogen and oxygen atoms in total. The highest BCUT2D eigenvalue weighted by Crippen LogP contribution is 2.12. The second-order valence-corrected chi connectivity index (χ2v) is 5.28. The Balaban J connectivity index is 3.24. The lowest BCUT2D eigenvalue weighted by Crippen LogP contribution is -2.25.